The monoisotopic (exact) mass is 290 g/mol. The van der Waals surface area contributed by atoms with Gasteiger partial charge in [0.05, 0.1) is 24.7 Å². The van der Waals surface area contributed by atoms with Gasteiger partial charge in [-0.2, -0.15) is 4.31 Å². The average molecular weight is 290 g/mol. The van der Waals surface area contributed by atoms with Crippen LogP contribution in [0.4, 0.5) is 5.69 Å². The number of nitro benzene ring substituents is 1. The first kappa shape index (κ1) is 15.3. The Balaban J connectivity index is 3.31. The van der Waals surface area contributed by atoms with Gasteiger partial charge in [0, 0.05) is 19.7 Å². The van der Waals surface area contributed by atoms with E-state index in [0.717, 1.165) is 22.5 Å². The summed E-state index contributed by atoms with van der Waals surface area (Å²) in [5, 5.41) is 19.4. The van der Waals surface area contributed by atoms with E-state index in [1.165, 1.54) is 14.2 Å². The number of aliphatic hydroxyl groups excluding tert-OH is 1. The van der Waals surface area contributed by atoms with Crippen LogP contribution in [0.15, 0.2) is 23.1 Å². The molecule has 0 fully saturated rings. The molecule has 106 valence electrons. The maximum Gasteiger partial charge on any atom is 0.273 e. The van der Waals surface area contributed by atoms with Gasteiger partial charge in [0.15, 0.2) is 0 Å². The van der Waals surface area contributed by atoms with E-state index >= 15 is 0 Å². The highest BCUT2D eigenvalue weighted by Crippen LogP contribution is 2.29. The second-order valence-corrected chi connectivity index (χ2v) is 5.66. The van der Waals surface area contributed by atoms with Crippen molar-refractivity contribution in [2.24, 2.45) is 0 Å². The van der Waals surface area contributed by atoms with Crippen LogP contribution in [0.2, 0.25) is 0 Å². The molecule has 1 aromatic rings. The largest absolute Gasteiger partial charge is 0.495 e. The zero-order valence-electron chi connectivity index (χ0n) is 10.4. The number of ether oxygens (including phenoxy) is 1. The first-order valence-corrected chi connectivity index (χ1v) is 6.68. The minimum atomic E-state index is -3.86. The van der Waals surface area contributed by atoms with Crippen LogP contribution in [0.1, 0.15) is 0 Å². The lowest BCUT2D eigenvalue weighted by Crippen LogP contribution is -2.29. The van der Waals surface area contributed by atoms with Crippen LogP contribution < -0.4 is 4.74 Å². The van der Waals surface area contributed by atoms with Crippen LogP contribution in [0, 0.1) is 10.1 Å². The summed E-state index contributed by atoms with van der Waals surface area (Å²) < 4.78 is 30.1. The molecule has 19 heavy (non-hydrogen) atoms. The Morgan fingerprint density at radius 3 is 2.58 bits per heavy atom. The van der Waals surface area contributed by atoms with Gasteiger partial charge in [-0.25, -0.2) is 8.42 Å². The molecule has 0 spiro atoms. The molecule has 1 N–H and O–H groups in total. The number of rotatable bonds is 6. The second-order valence-electron chi connectivity index (χ2n) is 3.64. The molecule has 0 atom stereocenters. The van der Waals surface area contributed by atoms with Gasteiger partial charge in [-0.15, -0.1) is 0 Å². The molecular formula is C10H14N2O6S. The van der Waals surface area contributed by atoms with Crippen LogP contribution in [-0.2, 0) is 10.0 Å². The molecule has 0 heterocycles. The van der Waals surface area contributed by atoms with Crippen molar-refractivity contribution in [1.29, 1.82) is 0 Å². The molecule has 0 aliphatic rings. The van der Waals surface area contributed by atoms with E-state index < -0.39 is 14.9 Å². The molecule has 1 aromatic carbocycles. The number of nitro groups is 1. The van der Waals surface area contributed by atoms with Gasteiger partial charge < -0.3 is 9.84 Å². The number of nitrogens with zero attached hydrogens (tertiary/aromatic N) is 2. The number of sulfonamides is 1. The van der Waals surface area contributed by atoms with Crippen LogP contribution in [0.5, 0.6) is 5.75 Å². The highest BCUT2D eigenvalue weighted by molar-refractivity contribution is 7.89. The molecule has 0 saturated heterocycles. The topological polar surface area (TPSA) is 110 Å². The minimum Gasteiger partial charge on any atom is -0.495 e. The van der Waals surface area contributed by atoms with E-state index in [0.29, 0.717) is 0 Å². The van der Waals surface area contributed by atoms with Gasteiger partial charge >= 0.3 is 0 Å². The normalized spacial score (nSPS) is 11.6. The van der Waals surface area contributed by atoms with Crippen molar-refractivity contribution in [1.82, 2.24) is 4.31 Å². The summed E-state index contributed by atoms with van der Waals surface area (Å²) >= 11 is 0. The predicted molar refractivity (Wildman–Crippen MR) is 66.6 cm³/mol. The first-order chi connectivity index (χ1) is 8.84. The fraction of sp³-hybridized carbons (Fsp3) is 0.400. The van der Waals surface area contributed by atoms with Crippen molar-refractivity contribution in [2.75, 3.05) is 27.3 Å². The summed E-state index contributed by atoms with van der Waals surface area (Å²) in [4.78, 5) is 9.80. The Bertz CT molecular complexity index is 571. The smallest absolute Gasteiger partial charge is 0.273 e. The molecule has 0 aliphatic heterocycles. The molecule has 1 rings (SSSR count). The maximum absolute atomic E-state index is 12.1. The van der Waals surface area contributed by atoms with Crippen LogP contribution in [-0.4, -0.2) is 50.1 Å². The second kappa shape index (κ2) is 5.95. The quantitative estimate of drug-likeness (QED) is 0.592. The van der Waals surface area contributed by atoms with Crippen molar-refractivity contribution < 1.29 is 23.2 Å². The average Bonchev–Trinajstić information content (AvgIpc) is 2.38. The lowest BCUT2D eigenvalue weighted by atomic mass is 10.3. The van der Waals surface area contributed by atoms with E-state index in [1.807, 2.05) is 0 Å². The Morgan fingerprint density at radius 2 is 2.11 bits per heavy atom. The van der Waals surface area contributed by atoms with E-state index in [2.05, 4.69) is 0 Å². The van der Waals surface area contributed by atoms with Gasteiger partial charge in [0.25, 0.3) is 5.69 Å². The van der Waals surface area contributed by atoms with E-state index in [-0.39, 0.29) is 29.5 Å². The van der Waals surface area contributed by atoms with Gasteiger partial charge in [-0.1, -0.05) is 0 Å². The SMILES string of the molecule is COc1cc([N+](=O)[O-])ccc1S(=O)(=O)N(C)CCO. The number of likely N-dealkylation sites (N-methyl/N-ethyl adjacent to an activating group) is 1. The third-order valence-corrected chi connectivity index (χ3v) is 4.36. The molecule has 9 heteroatoms. The Labute approximate surface area is 110 Å². The molecule has 0 unspecified atom stereocenters. The minimum absolute atomic E-state index is 0.0809. The number of hydrogen-bond acceptors (Lipinski definition) is 6. The lowest BCUT2D eigenvalue weighted by Gasteiger charge is -2.17. The zero-order chi connectivity index (χ0) is 14.6. The number of aliphatic hydroxyl groups is 1. The molecule has 8 nitrogen and oxygen atoms in total. The molecule has 0 aliphatic carbocycles. The summed E-state index contributed by atoms with van der Waals surface area (Å²) in [6.07, 6.45) is 0. The van der Waals surface area contributed by atoms with E-state index in [9.17, 15) is 18.5 Å². The Hall–Kier alpha value is -1.71. The number of hydrogen-bond donors (Lipinski definition) is 1. The van der Waals surface area contributed by atoms with Crippen LogP contribution >= 0.6 is 0 Å². The molecular weight excluding hydrogens is 276 g/mol. The van der Waals surface area contributed by atoms with Gasteiger partial charge in [0.1, 0.15) is 10.6 Å². The lowest BCUT2D eigenvalue weighted by molar-refractivity contribution is -0.385. The number of benzene rings is 1. The summed E-state index contributed by atoms with van der Waals surface area (Å²) in [7, 11) is -1.34. The Morgan fingerprint density at radius 1 is 1.47 bits per heavy atom. The molecule has 0 saturated carbocycles. The summed E-state index contributed by atoms with van der Waals surface area (Å²) in [6, 6.07) is 3.24. The third kappa shape index (κ3) is 3.19. The predicted octanol–water partition coefficient (Wildman–Crippen LogP) is 0.216. The maximum atomic E-state index is 12.1. The summed E-state index contributed by atoms with van der Waals surface area (Å²) in [5.74, 6) is -0.112. The number of non-ortho nitro benzene ring substituents is 1. The summed E-state index contributed by atoms with van der Waals surface area (Å²) in [5.41, 5.74) is -0.263. The molecule has 0 aromatic heterocycles. The van der Waals surface area contributed by atoms with E-state index in [4.69, 9.17) is 9.84 Å². The van der Waals surface area contributed by atoms with Gasteiger partial charge in [0.2, 0.25) is 10.0 Å². The Kier molecular flexibility index (Phi) is 4.81. The van der Waals surface area contributed by atoms with Gasteiger partial charge in [-0.3, -0.25) is 10.1 Å². The first-order valence-electron chi connectivity index (χ1n) is 5.24. The van der Waals surface area contributed by atoms with Crippen LogP contribution in [0.25, 0.3) is 0 Å². The van der Waals surface area contributed by atoms with Gasteiger partial charge in [-0.05, 0) is 6.07 Å². The van der Waals surface area contributed by atoms with E-state index in [1.54, 1.807) is 0 Å². The van der Waals surface area contributed by atoms with Crippen molar-refractivity contribution in [3.05, 3.63) is 28.3 Å². The molecule has 0 amide bonds. The van der Waals surface area contributed by atoms with Crippen molar-refractivity contribution in [3.8, 4) is 5.75 Å². The van der Waals surface area contributed by atoms with Crippen molar-refractivity contribution >= 4 is 15.7 Å². The zero-order valence-corrected chi connectivity index (χ0v) is 11.3. The number of methoxy groups -OCH3 is 1. The highest BCUT2D eigenvalue weighted by Gasteiger charge is 2.26. The third-order valence-electron chi connectivity index (χ3n) is 2.46. The van der Waals surface area contributed by atoms with Crippen molar-refractivity contribution in [2.45, 2.75) is 4.90 Å². The fourth-order valence-electron chi connectivity index (χ4n) is 1.41. The van der Waals surface area contributed by atoms with Crippen LogP contribution in [0.3, 0.4) is 0 Å². The molecule has 0 radical (unpaired) electrons. The summed E-state index contributed by atoms with van der Waals surface area (Å²) in [6.45, 7) is -0.409. The fourth-order valence-corrected chi connectivity index (χ4v) is 2.71. The highest BCUT2D eigenvalue weighted by atomic mass is 32.2. The van der Waals surface area contributed by atoms with Crippen molar-refractivity contribution in [3.63, 3.8) is 0 Å². The standard InChI is InChI=1S/C10H14N2O6S/c1-11(5-6-13)19(16,17)10-4-3-8(12(14)15)7-9(10)18-2/h3-4,7,13H,5-6H2,1-2H3. The molecule has 0 bridgehead atoms.